The van der Waals surface area contributed by atoms with Gasteiger partial charge in [0.1, 0.15) is 13.2 Å². The SMILES string of the molecule is CSCCOC(=O)C1=C(C)NC(C)=C(C(=O)OCCNC(=O)c2cccnc2)C1c1cccc(Cl)c1Cl. The number of dihydropyridines is 1. The van der Waals surface area contributed by atoms with E-state index < -0.39 is 17.9 Å². The minimum Gasteiger partial charge on any atom is -0.461 e. The Morgan fingerprint density at radius 1 is 1.03 bits per heavy atom. The third kappa shape index (κ3) is 7.06. The number of amides is 1. The Labute approximate surface area is 229 Å². The molecule has 0 spiro atoms. The van der Waals surface area contributed by atoms with Crippen LogP contribution >= 0.6 is 35.0 Å². The van der Waals surface area contributed by atoms with E-state index in [-0.39, 0.29) is 46.9 Å². The second-order valence-electron chi connectivity index (χ2n) is 8.04. The topological polar surface area (TPSA) is 107 Å². The molecule has 0 aliphatic carbocycles. The maximum Gasteiger partial charge on any atom is 0.336 e. The smallest absolute Gasteiger partial charge is 0.336 e. The van der Waals surface area contributed by atoms with E-state index in [4.69, 9.17) is 32.7 Å². The van der Waals surface area contributed by atoms with E-state index in [1.807, 2.05) is 6.26 Å². The summed E-state index contributed by atoms with van der Waals surface area (Å²) >= 11 is 14.4. The number of carbonyl (C=O) groups excluding carboxylic acids is 3. The predicted molar refractivity (Wildman–Crippen MR) is 145 cm³/mol. The monoisotopic (exact) mass is 563 g/mol. The number of benzene rings is 1. The Morgan fingerprint density at radius 3 is 2.32 bits per heavy atom. The minimum absolute atomic E-state index is 0.0836. The molecule has 1 unspecified atom stereocenters. The fourth-order valence-corrected chi connectivity index (χ4v) is 4.54. The number of esters is 2. The van der Waals surface area contributed by atoms with E-state index in [9.17, 15) is 14.4 Å². The maximum atomic E-state index is 13.3. The van der Waals surface area contributed by atoms with Crippen LogP contribution in [-0.2, 0) is 19.1 Å². The lowest BCUT2D eigenvalue weighted by Crippen LogP contribution is -2.34. The number of hydrogen-bond donors (Lipinski definition) is 2. The number of carbonyl (C=O) groups is 3. The summed E-state index contributed by atoms with van der Waals surface area (Å²) in [5.74, 6) is -1.81. The van der Waals surface area contributed by atoms with Crippen LogP contribution in [0.1, 0.15) is 35.7 Å². The Hall–Kier alpha value is -3.01. The summed E-state index contributed by atoms with van der Waals surface area (Å²) in [5, 5.41) is 6.28. The summed E-state index contributed by atoms with van der Waals surface area (Å²) in [6.07, 6.45) is 4.92. The summed E-state index contributed by atoms with van der Waals surface area (Å²) in [7, 11) is 0. The van der Waals surface area contributed by atoms with Crippen molar-refractivity contribution in [2.75, 3.05) is 31.8 Å². The Balaban J connectivity index is 1.84. The number of allylic oxidation sites excluding steroid dienone is 2. The lowest BCUT2D eigenvalue weighted by molar-refractivity contribution is -0.139. The molecule has 2 aromatic rings. The number of nitrogens with zero attached hydrogens (tertiary/aromatic N) is 1. The van der Waals surface area contributed by atoms with Gasteiger partial charge in [0.15, 0.2) is 0 Å². The summed E-state index contributed by atoms with van der Waals surface area (Å²) < 4.78 is 11.0. The van der Waals surface area contributed by atoms with E-state index in [0.717, 1.165) is 0 Å². The van der Waals surface area contributed by atoms with E-state index in [1.54, 1.807) is 62.1 Å². The molecule has 1 amide bonds. The van der Waals surface area contributed by atoms with Gasteiger partial charge in [0.25, 0.3) is 5.91 Å². The Kier molecular flexibility index (Phi) is 10.4. The highest BCUT2D eigenvalue weighted by molar-refractivity contribution is 7.98. The fraction of sp³-hybridized carbons (Fsp3) is 0.308. The molecule has 0 radical (unpaired) electrons. The van der Waals surface area contributed by atoms with Gasteiger partial charge in [-0.1, -0.05) is 35.3 Å². The Morgan fingerprint density at radius 2 is 1.70 bits per heavy atom. The first-order valence-corrected chi connectivity index (χ1v) is 13.5. The van der Waals surface area contributed by atoms with Gasteiger partial charge in [-0.2, -0.15) is 11.8 Å². The van der Waals surface area contributed by atoms with Crippen LogP contribution in [0.25, 0.3) is 0 Å². The first-order chi connectivity index (χ1) is 17.8. The van der Waals surface area contributed by atoms with Crippen molar-refractivity contribution >= 4 is 52.8 Å². The lowest BCUT2D eigenvalue weighted by Gasteiger charge is -2.31. The molecule has 37 heavy (non-hydrogen) atoms. The van der Waals surface area contributed by atoms with Crippen molar-refractivity contribution in [3.05, 3.63) is 86.4 Å². The van der Waals surface area contributed by atoms with Gasteiger partial charge in [0.05, 0.1) is 39.2 Å². The van der Waals surface area contributed by atoms with Gasteiger partial charge in [0, 0.05) is 29.5 Å². The van der Waals surface area contributed by atoms with Gasteiger partial charge in [-0.05, 0) is 43.9 Å². The summed E-state index contributed by atoms with van der Waals surface area (Å²) in [5.41, 5.74) is 2.35. The van der Waals surface area contributed by atoms with Crippen LogP contribution in [0.15, 0.2) is 65.3 Å². The van der Waals surface area contributed by atoms with Gasteiger partial charge in [0.2, 0.25) is 0 Å². The van der Waals surface area contributed by atoms with Crippen molar-refractivity contribution in [2.24, 2.45) is 0 Å². The van der Waals surface area contributed by atoms with Crippen LogP contribution in [-0.4, -0.2) is 54.6 Å². The van der Waals surface area contributed by atoms with Crippen molar-refractivity contribution in [3.8, 4) is 0 Å². The second-order valence-corrected chi connectivity index (χ2v) is 9.81. The van der Waals surface area contributed by atoms with Crippen molar-refractivity contribution in [2.45, 2.75) is 19.8 Å². The first kappa shape index (κ1) is 28.6. The average molecular weight is 564 g/mol. The molecule has 8 nitrogen and oxygen atoms in total. The quantitative estimate of drug-likeness (QED) is 0.321. The van der Waals surface area contributed by atoms with Crippen LogP contribution < -0.4 is 10.6 Å². The molecule has 1 aromatic heterocycles. The maximum absolute atomic E-state index is 13.3. The minimum atomic E-state index is -0.869. The molecule has 196 valence electrons. The van der Waals surface area contributed by atoms with Crippen molar-refractivity contribution < 1.29 is 23.9 Å². The molecule has 2 N–H and O–H groups in total. The van der Waals surface area contributed by atoms with Crippen molar-refractivity contribution in [1.82, 2.24) is 15.6 Å². The van der Waals surface area contributed by atoms with E-state index in [1.165, 1.54) is 6.20 Å². The number of pyridine rings is 1. The summed E-state index contributed by atoms with van der Waals surface area (Å²) in [6.45, 7) is 3.65. The van der Waals surface area contributed by atoms with Gasteiger partial charge < -0.3 is 20.1 Å². The molecular weight excluding hydrogens is 537 g/mol. The zero-order valence-electron chi connectivity index (χ0n) is 20.6. The summed E-state index contributed by atoms with van der Waals surface area (Å²) in [4.78, 5) is 42.6. The highest BCUT2D eigenvalue weighted by atomic mass is 35.5. The van der Waals surface area contributed by atoms with E-state index >= 15 is 0 Å². The second kappa shape index (κ2) is 13.5. The highest BCUT2D eigenvalue weighted by Gasteiger charge is 2.39. The molecule has 11 heteroatoms. The van der Waals surface area contributed by atoms with Gasteiger partial charge in [-0.25, -0.2) is 9.59 Å². The first-order valence-electron chi connectivity index (χ1n) is 11.4. The molecule has 2 heterocycles. The molecule has 1 atom stereocenters. The molecule has 1 aliphatic heterocycles. The molecule has 0 saturated heterocycles. The number of hydrogen-bond acceptors (Lipinski definition) is 8. The number of ether oxygens (including phenoxy) is 2. The van der Waals surface area contributed by atoms with Gasteiger partial charge >= 0.3 is 11.9 Å². The zero-order chi connectivity index (χ0) is 26.9. The van der Waals surface area contributed by atoms with Gasteiger partial charge in [-0.15, -0.1) is 0 Å². The number of thioether (sulfide) groups is 1. The number of halogens is 2. The molecule has 0 fully saturated rings. The van der Waals surface area contributed by atoms with Crippen LogP contribution in [0, 0.1) is 0 Å². The van der Waals surface area contributed by atoms with Crippen molar-refractivity contribution in [1.29, 1.82) is 0 Å². The third-order valence-corrected chi connectivity index (χ3v) is 6.97. The summed E-state index contributed by atoms with van der Waals surface area (Å²) in [6, 6.07) is 8.32. The third-order valence-electron chi connectivity index (χ3n) is 5.56. The standard InChI is InChI=1S/C26H27Cl2N3O5S/c1-15-20(25(33)35-11-10-30-24(32)17-6-5-9-29-14-17)22(18-7-4-8-19(27)23(18)28)21(16(2)31-15)26(34)36-12-13-37-3/h4-9,14,22,31H,10-13H2,1-3H3,(H,30,32). The van der Waals surface area contributed by atoms with Crippen LogP contribution in [0.2, 0.25) is 10.0 Å². The number of aromatic nitrogens is 1. The average Bonchev–Trinajstić information content (AvgIpc) is 2.88. The molecular formula is C26H27Cl2N3O5S. The number of nitrogens with one attached hydrogen (secondary N) is 2. The molecule has 0 bridgehead atoms. The molecule has 3 rings (SSSR count). The molecule has 1 aliphatic rings. The van der Waals surface area contributed by atoms with E-state index in [2.05, 4.69) is 15.6 Å². The predicted octanol–water partition coefficient (Wildman–Crippen LogP) is 4.50. The lowest BCUT2D eigenvalue weighted by atomic mass is 9.80. The fourth-order valence-electron chi connectivity index (χ4n) is 3.87. The highest BCUT2D eigenvalue weighted by Crippen LogP contribution is 2.43. The Bertz CT molecular complexity index is 1230. The molecule has 0 saturated carbocycles. The van der Waals surface area contributed by atoms with Crippen LogP contribution in [0.4, 0.5) is 0 Å². The zero-order valence-corrected chi connectivity index (χ0v) is 22.9. The largest absolute Gasteiger partial charge is 0.461 e. The van der Waals surface area contributed by atoms with Crippen LogP contribution in [0.3, 0.4) is 0 Å². The van der Waals surface area contributed by atoms with Gasteiger partial charge in [-0.3, -0.25) is 9.78 Å². The number of rotatable bonds is 10. The van der Waals surface area contributed by atoms with Crippen LogP contribution in [0.5, 0.6) is 0 Å². The van der Waals surface area contributed by atoms with E-state index in [0.29, 0.717) is 28.3 Å². The normalized spacial score (nSPS) is 15.2. The van der Waals surface area contributed by atoms with Crippen molar-refractivity contribution in [3.63, 3.8) is 0 Å². The molecule has 1 aromatic carbocycles.